The first-order valence-electron chi connectivity index (χ1n) is 4.35. The molecule has 0 fully saturated rings. The highest BCUT2D eigenvalue weighted by molar-refractivity contribution is 5.50. The van der Waals surface area contributed by atoms with Gasteiger partial charge in [0.15, 0.2) is 11.5 Å². The van der Waals surface area contributed by atoms with Gasteiger partial charge in [0.25, 0.3) is 0 Å². The smallest absolute Gasteiger partial charge is 0.231 e. The molecule has 2 nitrogen and oxygen atoms in total. The predicted molar refractivity (Wildman–Crippen MR) is 44.6 cm³/mol. The third kappa shape index (κ3) is 0.750. The second-order valence-corrected chi connectivity index (χ2v) is 3.33. The second-order valence-electron chi connectivity index (χ2n) is 3.33. The molecule has 1 aliphatic carbocycles. The van der Waals surface area contributed by atoms with Gasteiger partial charge >= 0.3 is 0 Å². The summed E-state index contributed by atoms with van der Waals surface area (Å²) in [6.45, 7) is 0.387. The number of hydrogen-bond acceptors (Lipinski definition) is 2. The first kappa shape index (κ1) is 6.35. The monoisotopic (exact) mass is 162 g/mol. The van der Waals surface area contributed by atoms with Crippen LogP contribution in [0.1, 0.15) is 17.5 Å². The molecule has 0 radical (unpaired) electrons. The third-order valence-electron chi connectivity index (χ3n) is 2.59. The van der Waals surface area contributed by atoms with Crippen LogP contribution in [0.15, 0.2) is 12.1 Å². The van der Waals surface area contributed by atoms with Crippen LogP contribution < -0.4 is 9.47 Å². The topological polar surface area (TPSA) is 18.5 Å². The summed E-state index contributed by atoms with van der Waals surface area (Å²) in [5.74, 6) is 1.85. The van der Waals surface area contributed by atoms with Gasteiger partial charge < -0.3 is 9.47 Å². The van der Waals surface area contributed by atoms with Gasteiger partial charge in [-0.15, -0.1) is 0 Å². The van der Waals surface area contributed by atoms with E-state index in [-0.39, 0.29) is 0 Å². The van der Waals surface area contributed by atoms with Gasteiger partial charge in [0, 0.05) is 0 Å². The molecule has 0 N–H and O–H groups in total. The molecule has 3 rings (SSSR count). The Kier molecular flexibility index (Phi) is 1.14. The maximum atomic E-state index is 5.30. The van der Waals surface area contributed by atoms with E-state index in [1.165, 1.54) is 30.4 Å². The summed E-state index contributed by atoms with van der Waals surface area (Å²) in [6, 6.07) is 4.26. The molecule has 1 heterocycles. The SMILES string of the molecule is c1c2c(cc3c1OCO3)CCC2. The largest absolute Gasteiger partial charge is 0.454 e. The van der Waals surface area contributed by atoms with E-state index in [1.807, 2.05) is 0 Å². The van der Waals surface area contributed by atoms with Crippen molar-refractivity contribution < 1.29 is 9.47 Å². The van der Waals surface area contributed by atoms with Gasteiger partial charge in [-0.3, -0.25) is 0 Å². The van der Waals surface area contributed by atoms with Crippen LogP contribution >= 0.6 is 0 Å². The van der Waals surface area contributed by atoms with Gasteiger partial charge in [0.05, 0.1) is 0 Å². The molecule has 0 unspecified atom stereocenters. The lowest BCUT2D eigenvalue weighted by atomic mass is 10.1. The average molecular weight is 162 g/mol. The van der Waals surface area contributed by atoms with Crippen LogP contribution in [0, 0.1) is 0 Å². The van der Waals surface area contributed by atoms with Crippen LogP contribution in [-0.4, -0.2) is 6.79 Å². The van der Waals surface area contributed by atoms with E-state index in [4.69, 9.17) is 9.47 Å². The maximum absolute atomic E-state index is 5.30. The Morgan fingerprint density at radius 1 is 0.917 bits per heavy atom. The summed E-state index contributed by atoms with van der Waals surface area (Å²) in [4.78, 5) is 0. The van der Waals surface area contributed by atoms with Gasteiger partial charge in [0.2, 0.25) is 6.79 Å². The van der Waals surface area contributed by atoms with Crippen LogP contribution in [0.3, 0.4) is 0 Å². The highest BCUT2D eigenvalue weighted by Crippen LogP contribution is 2.37. The van der Waals surface area contributed by atoms with Gasteiger partial charge in [-0.2, -0.15) is 0 Å². The number of fused-ring (bicyclic) bond motifs is 2. The predicted octanol–water partition coefficient (Wildman–Crippen LogP) is 1.90. The third-order valence-corrected chi connectivity index (χ3v) is 2.59. The lowest BCUT2D eigenvalue weighted by Gasteiger charge is -2.00. The standard InChI is InChI=1S/C10H10O2/c1-2-7-4-9-10(12-6-11-9)5-8(7)3-1/h4-5H,1-3,6H2. The van der Waals surface area contributed by atoms with Gasteiger partial charge in [0.1, 0.15) is 0 Å². The van der Waals surface area contributed by atoms with Crippen LogP contribution in [-0.2, 0) is 12.8 Å². The Morgan fingerprint density at radius 2 is 1.50 bits per heavy atom. The second kappa shape index (κ2) is 2.16. The zero-order valence-corrected chi connectivity index (χ0v) is 6.80. The van der Waals surface area contributed by atoms with Crippen molar-refractivity contribution in [3.63, 3.8) is 0 Å². The Morgan fingerprint density at radius 3 is 2.08 bits per heavy atom. The molecule has 1 aromatic carbocycles. The van der Waals surface area contributed by atoms with Crippen LogP contribution in [0.5, 0.6) is 11.5 Å². The summed E-state index contributed by atoms with van der Waals surface area (Å²) in [5.41, 5.74) is 2.89. The summed E-state index contributed by atoms with van der Waals surface area (Å²) in [5, 5.41) is 0. The number of aryl methyl sites for hydroxylation is 2. The Hall–Kier alpha value is -1.18. The molecule has 0 spiro atoms. The normalized spacial score (nSPS) is 18.0. The van der Waals surface area contributed by atoms with E-state index < -0.39 is 0 Å². The number of hydrogen-bond donors (Lipinski definition) is 0. The van der Waals surface area contributed by atoms with Crippen molar-refractivity contribution in [2.45, 2.75) is 19.3 Å². The first-order valence-corrected chi connectivity index (χ1v) is 4.35. The molecule has 0 saturated carbocycles. The highest BCUT2D eigenvalue weighted by atomic mass is 16.7. The number of ether oxygens (including phenoxy) is 2. The molecule has 2 aliphatic rings. The molecule has 2 heteroatoms. The van der Waals surface area contributed by atoms with Crippen LogP contribution in [0.25, 0.3) is 0 Å². The van der Waals surface area contributed by atoms with Gasteiger partial charge in [-0.1, -0.05) is 0 Å². The Labute approximate surface area is 71.1 Å². The minimum Gasteiger partial charge on any atom is -0.454 e. The average Bonchev–Trinajstić information content (AvgIpc) is 2.64. The Bertz CT molecular complexity index is 271. The molecule has 0 amide bonds. The van der Waals surface area contributed by atoms with Crippen molar-refractivity contribution in [3.8, 4) is 11.5 Å². The van der Waals surface area contributed by atoms with E-state index in [9.17, 15) is 0 Å². The van der Waals surface area contributed by atoms with E-state index in [2.05, 4.69) is 12.1 Å². The zero-order chi connectivity index (χ0) is 7.97. The van der Waals surface area contributed by atoms with Crippen molar-refractivity contribution in [1.82, 2.24) is 0 Å². The molecule has 0 bridgehead atoms. The lowest BCUT2D eigenvalue weighted by Crippen LogP contribution is -1.93. The number of rotatable bonds is 0. The molecule has 1 aliphatic heterocycles. The fraction of sp³-hybridized carbons (Fsp3) is 0.400. The van der Waals surface area contributed by atoms with Gasteiger partial charge in [-0.05, 0) is 42.5 Å². The summed E-state index contributed by atoms with van der Waals surface area (Å²) in [6.07, 6.45) is 3.68. The van der Waals surface area contributed by atoms with Crippen molar-refractivity contribution in [2.24, 2.45) is 0 Å². The molecule has 1 aromatic rings. The van der Waals surface area contributed by atoms with Crippen LogP contribution in [0.2, 0.25) is 0 Å². The lowest BCUT2D eigenvalue weighted by molar-refractivity contribution is 0.174. The van der Waals surface area contributed by atoms with Crippen molar-refractivity contribution >= 4 is 0 Å². The molecule has 0 atom stereocenters. The van der Waals surface area contributed by atoms with E-state index >= 15 is 0 Å². The minimum absolute atomic E-state index is 0.387. The molecule has 12 heavy (non-hydrogen) atoms. The van der Waals surface area contributed by atoms with E-state index in [1.54, 1.807) is 0 Å². The number of benzene rings is 1. The van der Waals surface area contributed by atoms with E-state index in [0.717, 1.165) is 11.5 Å². The fourth-order valence-electron chi connectivity index (χ4n) is 1.96. The van der Waals surface area contributed by atoms with Crippen molar-refractivity contribution in [1.29, 1.82) is 0 Å². The molecular formula is C10H10O2. The molecule has 0 aromatic heterocycles. The summed E-state index contributed by atoms with van der Waals surface area (Å²) in [7, 11) is 0. The first-order chi connectivity index (χ1) is 5.93. The highest BCUT2D eigenvalue weighted by Gasteiger charge is 2.19. The summed E-state index contributed by atoms with van der Waals surface area (Å²) >= 11 is 0. The molecule has 0 saturated heterocycles. The van der Waals surface area contributed by atoms with Crippen LogP contribution in [0.4, 0.5) is 0 Å². The van der Waals surface area contributed by atoms with E-state index in [0.29, 0.717) is 6.79 Å². The van der Waals surface area contributed by atoms with Crippen molar-refractivity contribution in [3.05, 3.63) is 23.3 Å². The quantitative estimate of drug-likeness (QED) is 0.580. The van der Waals surface area contributed by atoms with Crippen molar-refractivity contribution in [2.75, 3.05) is 6.79 Å². The zero-order valence-electron chi connectivity index (χ0n) is 6.80. The summed E-state index contributed by atoms with van der Waals surface area (Å²) < 4.78 is 10.6. The molecule has 62 valence electrons. The molecular weight excluding hydrogens is 152 g/mol. The Balaban J connectivity index is 2.18. The fourth-order valence-corrected chi connectivity index (χ4v) is 1.96. The maximum Gasteiger partial charge on any atom is 0.231 e. The minimum atomic E-state index is 0.387. The van der Waals surface area contributed by atoms with Gasteiger partial charge in [-0.25, -0.2) is 0 Å².